The molecule has 0 aromatic heterocycles. The fraction of sp³-hybridized carbons (Fsp3) is 0.308. The fourth-order valence-corrected chi connectivity index (χ4v) is 1.77. The van der Waals surface area contributed by atoms with Crippen LogP contribution in [0.15, 0.2) is 42.2 Å². The smallest absolute Gasteiger partial charge is 0.333 e. The zero-order chi connectivity index (χ0) is 11.4. The number of carbonyl (C=O) groups excluding carboxylic acids is 1. The van der Waals surface area contributed by atoms with Crippen LogP contribution in [0.5, 0.6) is 0 Å². The van der Waals surface area contributed by atoms with E-state index in [2.05, 4.69) is 4.74 Å². The van der Waals surface area contributed by atoms with E-state index in [-0.39, 0.29) is 12.1 Å². The van der Waals surface area contributed by atoms with Crippen molar-refractivity contribution in [3.8, 4) is 0 Å². The Balaban J connectivity index is 2.04. The molecule has 3 heteroatoms. The highest BCUT2D eigenvalue weighted by molar-refractivity contribution is 5.82. The maximum Gasteiger partial charge on any atom is 0.333 e. The number of methoxy groups -OCH3 is 1. The summed E-state index contributed by atoms with van der Waals surface area (Å²) in [6, 6.07) is 10.0. The normalized spacial score (nSPS) is 21.8. The minimum Gasteiger partial charge on any atom is -0.490 e. The first-order valence-corrected chi connectivity index (χ1v) is 5.29. The van der Waals surface area contributed by atoms with Crippen LogP contribution in [0.4, 0.5) is 0 Å². The third kappa shape index (κ3) is 2.42. The van der Waals surface area contributed by atoms with Crippen molar-refractivity contribution in [2.75, 3.05) is 7.11 Å². The van der Waals surface area contributed by atoms with E-state index in [0.29, 0.717) is 5.76 Å². The van der Waals surface area contributed by atoms with E-state index in [0.717, 1.165) is 18.4 Å². The van der Waals surface area contributed by atoms with E-state index in [1.54, 1.807) is 0 Å². The lowest BCUT2D eigenvalue weighted by molar-refractivity contribution is -0.135. The van der Waals surface area contributed by atoms with Gasteiger partial charge in [0, 0.05) is 6.42 Å². The average Bonchev–Trinajstić information content (AvgIpc) is 2.78. The van der Waals surface area contributed by atoms with Gasteiger partial charge in [-0.05, 0) is 12.0 Å². The van der Waals surface area contributed by atoms with Crippen molar-refractivity contribution in [2.24, 2.45) is 0 Å². The fourth-order valence-electron chi connectivity index (χ4n) is 1.77. The van der Waals surface area contributed by atoms with Crippen LogP contribution in [-0.4, -0.2) is 13.1 Å². The van der Waals surface area contributed by atoms with Crippen LogP contribution in [0.3, 0.4) is 0 Å². The molecular formula is C13H14O3. The third-order valence-electron chi connectivity index (χ3n) is 2.60. The van der Waals surface area contributed by atoms with Crippen LogP contribution in [-0.2, 0) is 14.3 Å². The maximum atomic E-state index is 11.0. The van der Waals surface area contributed by atoms with Crippen molar-refractivity contribution in [1.29, 1.82) is 0 Å². The van der Waals surface area contributed by atoms with E-state index >= 15 is 0 Å². The topological polar surface area (TPSA) is 35.5 Å². The van der Waals surface area contributed by atoms with Gasteiger partial charge in [-0.1, -0.05) is 30.3 Å². The quantitative estimate of drug-likeness (QED) is 0.565. The predicted molar refractivity (Wildman–Crippen MR) is 59.6 cm³/mol. The highest BCUT2D eigenvalue weighted by atomic mass is 16.5. The number of allylic oxidation sites excluding steroid dienone is 1. The zero-order valence-corrected chi connectivity index (χ0v) is 9.18. The van der Waals surface area contributed by atoms with Crippen LogP contribution in [0.1, 0.15) is 24.5 Å². The van der Waals surface area contributed by atoms with Gasteiger partial charge in [0.15, 0.2) is 0 Å². The van der Waals surface area contributed by atoms with E-state index in [1.807, 2.05) is 30.3 Å². The highest BCUT2D eigenvalue weighted by Crippen LogP contribution is 2.34. The van der Waals surface area contributed by atoms with Gasteiger partial charge in [0.05, 0.1) is 13.2 Å². The molecule has 3 nitrogen and oxygen atoms in total. The Bertz CT molecular complexity index is 395. The van der Waals surface area contributed by atoms with Crippen molar-refractivity contribution in [2.45, 2.75) is 18.9 Å². The molecule has 0 saturated carbocycles. The van der Waals surface area contributed by atoms with E-state index < -0.39 is 0 Å². The lowest BCUT2D eigenvalue weighted by Gasteiger charge is -2.10. The molecule has 1 unspecified atom stereocenters. The summed E-state index contributed by atoms with van der Waals surface area (Å²) in [5.41, 5.74) is 1.15. The molecule has 0 spiro atoms. The number of ether oxygens (including phenoxy) is 2. The van der Waals surface area contributed by atoms with Gasteiger partial charge < -0.3 is 9.47 Å². The van der Waals surface area contributed by atoms with Crippen molar-refractivity contribution in [3.63, 3.8) is 0 Å². The molecule has 1 aliphatic heterocycles. The van der Waals surface area contributed by atoms with Gasteiger partial charge in [-0.25, -0.2) is 4.79 Å². The first-order chi connectivity index (χ1) is 7.79. The Labute approximate surface area is 94.7 Å². The first-order valence-electron chi connectivity index (χ1n) is 5.29. The van der Waals surface area contributed by atoms with Crippen molar-refractivity contribution < 1.29 is 14.3 Å². The molecular weight excluding hydrogens is 204 g/mol. The first kappa shape index (κ1) is 10.7. The van der Waals surface area contributed by atoms with Crippen LogP contribution < -0.4 is 0 Å². The molecule has 0 bridgehead atoms. The number of rotatable bonds is 2. The molecule has 1 aromatic rings. The molecule has 0 radical (unpaired) electrons. The molecule has 0 aliphatic carbocycles. The summed E-state index contributed by atoms with van der Waals surface area (Å²) in [7, 11) is 1.36. The monoisotopic (exact) mass is 218 g/mol. The van der Waals surface area contributed by atoms with Gasteiger partial charge in [0.2, 0.25) is 0 Å². The van der Waals surface area contributed by atoms with Crippen LogP contribution in [0, 0.1) is 0 Å². The molecule has 1 fully saturated rings. The van der Waals surface area contributed by atoms with Crippen LogP contribution in [0.25, 0.3) is 0 Å². The summed E-state index contributed by atoms with van der Waals surface area (Å²) in [4.78, 5) is 11.0. The summed E-state index contributed by atoms with van der Waals surface area (Å²) in [5.74, 6) is 0.351. The summed E-state index contributed by atoms with van der Waals surface area (Å²) >= 11 is 0. The Kier molecular flexibility index (Phi) is 3.25. The number of hydrogen-bond donors (Lipinski definition) is 0. The second kappa shape index (κ2) is 4.84. The molecule has 0 amide bonds. The van der Waals surface area contributed by atoms with Gasteiger partial charge in [-0.3, -0.25) is 0 Å². The van der Waals surface area contributed by atoms with Gasteiger partial charge in [0.1, 0.15) is 11.9 Å². The number of carbonyl (C=O) groups is 1. The molecule has 1 aromatic carbocycles. The molecule has 1 saturated heterocycles. The zero-order valence-electron chi connectivity index (χ0n) is 9.18. The maximum absolute atomic E-state index is 11.0. The lowest BCUT2D eigenvalue weighted by Crippen LogP contribution is -1.98. The average molecular weight is 218 g/mol. The SMILES string of the molecule is COC(=O)/C=C1\CCC(c2ccccc2)O1. The van der Waals surface area contributed by atoms with Crippen LogP contribution in [0.2, 0.25) is 0 Å². The number of benzene rings is 1. The van der Waals surface area contributed by atoms with Crippen molar-refractivity contribution in [3.05, 3.63) is 47.7 Å². The molecule has 1 heterocycles. The largest absolute Gasteiger partial charge is 0.490 e. The summed E-state index contributed by atoms with van der Waals surface area (Å²) in [5, 5.41) is 0. The Morgan fingerprint density at radius 2 is 2.19 bits per heavy atom. The molecule has 0 N–H and O–H groups in total. The lowest BCUT2D eigenvalue weighted by atomic mass is 10.1. The van der Waals surface area contributed by atoms with Gasteiger partial charge in [0.25, 0.3) is 0 Å². The Morgan fingerprint density at radius 3 is 2.88 bits per heavy atom. The van der Waals surface area contributed by atoms with E-state index in [1.165, 1.54) is 13.2 Å². The third-order valence-corrected chi connectivity index (χ3v) is 2.60. The number of hydrogen-bond acceptors (Lipinski definition) is 3. The minimum absolute atomic E-state index is 0.0668. The summed E-state index contributed by atoms with van der Waals surface area (Å²) < 4.78 is 10.2. The highest BCUT2D eigenvalue weighted by Gasteiger charge is 2.22. The van der Waals surface area contributed by atoms with Crippen molar-refractivity contribution >= 4 is 5.97 Å². The summed E-state index contributed by atoms with van der Waals surface area (Å²) in [6.07, 6.45) is 3.18. The van der Waals surface area contributed by atoms with E-state index in [9.17, 15) is 4.79 Å². The molecule has 84 valence electrons. The molecule has 1 aliphatic rings. The van der Waals surface area contributed by atoms with Crippen LogP contribution >= 0.6 is 0 Å². The molecule has 1 atom stereocenters. The molecule has 16 heavy (non-hydrogen) atoms. The second-order valence-corrected chi connectivity index (χ2v) is 3.69. The standard InChI is InChI=1S/C13H14O3/c1-15-13(14)9-11-7-8-12(16-11)10-5-3-2-4-6-10/h2-6,9,12H,7-8H2,1H3/b11-9+. The second-order valence-electron chi connectivity index (χ2n) is 3.69. The van der Waals surface area contributed by atoms with Gasteiger partial charge >= 0.3 is 5.97 Å². The van der Waals surface area contributed by atoms with Gasteiger partial charge in [-0.15, -0.1) is 0 Å². The minimum atomic E-state index is -0.358. The van der Waals surface area contributed by atoms with E-state index in [4.69, 9.17) is 4.74 Å². The Morgan fingerprint density at radius 1 is 1.44 bits per heavy atom. The molecule has 2 rings (SSSR count). The summed E-state index contributed by atoms with van der Waals surface area (Å²) in [6.45, 7) is 0. The number of esters is 1. The van der Waals surface area contributed by atoms with Crippen molar-refractivity contribution in [1.82, 2.24) is 0 Å². The Hall–Kier alpha value is -1.77. The van der Waals surface area contributed by atoms with Gasteiger partial charge in [-0.2, -0.15) is 0 Å². The predicted octanol–water partition coefficient (Wildman–Crippen LogP) is 2.60.